The van der Waals surface area contributed by atoms with Crippen molar-refractivity contribution in [2.24, 2.45) is 5.73 Å². The van der Waals surface area contributed by atoms with E-state index < -0.39 is 0 Å². The Morgan fingerprint density at radius 3 is 2.92 bits per heavy atom. The Morgan fingerprint density at radius 2 is 2.12 bits per heavy atom. The molecular weight excluding hydrogens is 306 g/mol. The zero-order valence-corrected chi connectivity index (χ0v) is 13.7. The van der Waals surface area contributed by atoms with E-state index in [9.17, 15) is 4.79 Å². The highest BCUT2D eigenvalue weighted by atomic mass is 16.5. The minimum Gasteiger partial charge on any atom is -0.489 e. The Bertz CT molecular complexity index is 729. The van der Waals surface area contributed by atoms with E-state index in [-0.39, 0.29) is 12.1 Å². The molecule has 126 valence electrons. The lowest BCUT2D eigenvalue weighted by Gasteiger charge is -2.25. The lowest BCUT2D eigenvalue weighted by Crippen LogP contribution is -2.30. The quantitative estimate of drug-likeness (QED) is 0.853. The van der Waals surface area contributed by atoms with Gasteiger partial charge >= 0.3 is 5.97 Å². The van der Waals surface area contributed by atoms with Gasteiger partial charge in [-0.2, -0.15) is 0 Å². The van der Waals surface area contributed by atoms with Crippen molar-refractivity contribution in [3.05, 3.63) is 53.6 Å². The summed E-state index contributed by atoms with van der Waals surface area (Å²) in [5.74, 6) is 1.61. The normalized spacial score (nSPS) is 16.0. The first-order valence-corrected chi connectivity index (χ1v) is 8.15. The van der Waals surface area contributed by atoms with E-state index in [0.717, 1.165) is 24.2 Å². The third-order valence-electron chi connectivity index (χ3n) is 3.93. The number of carbonyl (C=O) groups excluding carboxylic acids is 1. The first-order valence-electron chi connectivity index (χ1n) is 8.15. The first kappa shape index (κ1) is 16.3. The third-order valence-corrected chi connectivity index (χ3v) is 3.93. The highest BCUT2D eigenvalue weighted by Crippen LogP contribution is 2.33. The number of hydrogen-bond donors (Lipinski definition) is 1. The van der Waals surface area contributed by atoms with E-state index >= 15 is 0 Å². The van der Waals surface area contributed by atoms with Crippen molar-refractivity contribution in [2.75, 3.05) is 13.2 Å². The summed E-state index contributed by atoms with van der Waals surface area (Å²) in [4.78, 5) is 12.0. The maximum absolute atomic E-state index is 12.0. The van der Waals surface area contributed by atoms with Gasteiger partial charge in [0, 0.05) is 6.54 Å². The standard InChI is InChI=1S/C19H21NO4/c1-2-22-19(21)16-5-3-4-6-18(16)23-14-9-10-17-13(11-14)7-8-15(12-20)24-17/h3-6,9-11,15H,2,7-8,12,20H2,1H3/t15-/m1/s1. The number of nitrogens with two attached hydrogens (primary N) is 1. The minimum absolute atomic E-state index is 0.0776. The highest BCUT2D eigenvalue weighted by molar-refractivity contribution is 5.92. The monoisotopic (exact) mass is 327 g/mol. The van der Waals surface area contributed by atoms with Crippen LogP contribution < -0.4 is 15.2 Å². The van der Waals surface area contributed by atoms with Crippen LogP contribution in [0.2, 0.25) is 0 Å². The maximum Gasteiger partial charge on any atom is 0.341 e. The fourth-order valence-electron chi connectivity index (χ4n) is 2.71. The zero-order valence-electron chi connectivity index (χ0n) is 13.7. The largest absolute Gasteiger partial charge is 0.489 e. The Balaban J connectivity index is 1.81. The van der Waals surface area contributed by atoms with E-state index in [0.29, 0.717) is 30.2 Å². The number of carbonyl (C=O) groups is 1. The molecule has 5 nitrogen and oxygen atoms in total. The third kappa shape index (κ3) is 3.51. The molecule has 0 aliphatic carbocycles. The summed E-state index contributed by atoms with van der Waals surface area (Å²) in [5, 5.41) is 0. The van der Waals surface area contributed by atoms with Crippen molar-refractivity contribution in [3.8, 4) is 17.2 Å². The molecule has 0 saturated carbocycles. The van der Waals surface area contributed by atoms with Crippen molar-refractivity contribution in [3.63, 3.8) is 0 Å². The molecule has 0 spiro atoms. The molecule has 24 heavy (non-hydrogen) atoms. The van der Waals surface area contributed by atoms with E-state index in [4.69, 9.17) is 19.9 Å². The summed E-state index contributed by atoms with van der Waals surface area (Å²) in [6, 6.07) is 12.7. The summed E-state index contributed by atoms with van der Waals surface area (Å²) < 4.78 is 16.8. The zero-order chi connectivity index (χ0) is 16.9. The van der Waals surface area contributed by atoms with Crippen molar-refractivity contribution >= 4 is 5.97 Å². The lowest BCUT2D eigenvalue weighted by atomic mass is 10.0. The molecule has 2 aromatic carbocycles. The van der Waals surface area contributed by atoms with Gasteiger partial charge in [0.2, 0.25) is 0 Å². The molecule has 0 bridgehead atoms. The molecule has 0 radical (unpaired) electrons. The Morgan fingerprint density at radius 1 is 1.29 bits per heavy atom. The number of rotatable bonds is 5. The molecule has 3 rings (SSSR count). The average molecular weight is 327 g/mol. The van der Waals surface area contributed by atoms with Crippen LogP contribution in [0.15, 0.2) is 42.5 Å². The van der Waals surface area contributed by atoms with Gasteiger partial charge in [0.1, 0.15) is 28.9 Å². The van der Waals surface area contributed by atoms with Crippen molar-refractivity contribution in [2.45, 2.75) is 25.9 Å². The van der Waals surface area contributed by atoms with E-state index in [2.05, 4.69) is 0 Å². The Hall–Kier alpha value is -2.53. The van der Waals surface area contributed by atoms with Gasteiger partial charge in [-0.15, -0.1) is 0 Å². The molecule has 0 saturated heterocycles. The Labute approximate surface area is 141 Å². The molecule has 0 fully saturated rings. The van der Waals surface area contributed by atoms with Crippen LogP contribution in [-0.2, 0) is 11.2 Å². The molecule has 0 amide bonds. The Kier molecular flexibility index (Phi) is 5.01. The maximum atomic E-state index is 12.0. The van der Waals surface area contributed by atoms with Crippen LogP contribution in [0, 0.1) is 0 Å². The second-order valence-electron chi connectivity index (χ2n) is 5.60. The molecule has 1 heterocycles. The van der Waals surface area contributed by atoms with Crippen LogP contribution in [-0.4, -0.2) is 25.2 Å². The predicted molar refractivity (Wildman–Crippen MR) is 90.7 cm³/mol. The van der Waals surface area contributed by atoms with Crippen LogP contribution in [0.4, 0.5) is 0 Å². The fraction of sp³-hybridized carbons (Fsp3) is 0.316. The van der Waals surface area contributed by atoms with Crippen LogP contribution >= 0.6 is 0 Å². The number of fused-ring (bicyclic) bond motifs is 1. The summed E-state index contributed by atoms with van der Waals surface area (Å²) >= 11 is 0. The molecule has 5 heteroatoms. The molecule has 1 aliphatic rings. The van der Waals surface area contributed by atoms with Crippen molar-refractivity contribution in [1.29, 1.82) is 0 Å². The molecular formula is C19H21NO4. The second-order valence-corrected chi connectivity index (χ2v) is 5.60. The topological polar surface area (TPSA) is 70.8 Å². The number of ether oxygens (including phenoxy) is 3. The van der Waals surface area contributed by atoms with Gasteiger partial charge < -0.3 is 19.9 Å². The van der Waals surface area contributed by atoms with Crippen LogP contribution in [0.1, 0.15) is 29.3 Å². The van der Waals surface area contributed by atoms with Gasteiger partial charge in [0.05, 0.1) is 6.61 Å². The van der Waals surface area contributed by atoms with Crippen LogP contribution in [0.3, 0.4) is 0 Å². The van der Waals surface area contributed by atoms with Gasteiger partial charge in [-0.05, 0) is 55.7 Å². The lowest BCUT2D eigenvalue weighted by molar-refractivity contribution is 0.0523. The molecule has 2 N–H and O–H groups in total. The van der Waals surface area contributed by atoms with Gasteiger partial charge in [-0.3, -0.25) is 0 Å². The number of aryl methyl sites for hydroxylation is 1. The molecule has 1 atom stereocenters. The fourth-order valence-corrected chi connectivity index (χ4v) is 2.71. The minimum atomic E-state index is -0.389. The number of para-hydroxylation sites is 1. The molecule has 0 aromatic heterocycles. The van der Waals surface area contributed by atoms with Gasteiger partial charge in [-0.25, -0.2) is 4.79 Å². The number of hydrogen-bond acceptors (Lipinski definition) is 5. The smallest absolute Gasteiger partial charge is 0.341 e. The summed E-state index contributed by atoms with van der Waals surface area (Å²) in [6.07, 6.45) is 1.87. The SMILES string of the molecule is CCOC(=O)c1ccccc1Oc1ccc2c(c1)CC[C@H](CN)O2. The highest BCUT2D eigenvalue weighted by Gasteiger charge is 2.20. The van der Waals surface area contributed by atoms with Crippen molar-refractivity contribution < 1.29 is 19.0 Å². The van der Waals surface area contributed by atoms with E-state index in [1.165, 1.54) is 0 Å². The van der Waals surface area contributed by atoms with E-state index in [1.54, 1.807) is 25.1 Å². The molecule has 1 aliphatic heterocycles. The predicted octanol–water partition coefficient (Wildman–Crippen LogP) is 3.31. The first-order chi connectivity index (χ1) is 11.7. The average Bonchev–Trinajstić information content (AvgIpc) is 2.62. The van der Waals surface area contributed by atoms with E-state index in [1.807, 2.05) is 24.3 Å². The van der Waals surface area contributed by atoms with Gasteiger partial charge in [-0.1, -0.05) is 12.1 Å². The van der Waals surface area contributed by atoms with Crippen LogP contribution in [0.5, 0.6) is 17.2 Å². The second kappa shape index (κ2) is 7.36. The molecule has 0 unspecified atom stereocenters. The summed E-state index contributed by atoms with van der Waals surface area (Å²) in [7, 11) is 0. The summed E-state index contributed by atoms with van der Waals surface area (Å²) in [5.41, 5.74) is 7.17. The number of esters is 1. The molecule has 2 aromatic rings. The van der Waals surface area contributed by atoms with Crippen LogP contribution in [0.25, 0.3) is 0 Å². The van der Waals surface area contributed by atoms with Gasteiger partial charge in [0.25, 0.3) is 0 Å². The summed E-state index contributed by atoms with van der Waals surface area (Å²) in [6.45, 7) is 2.62. The number of benzene rings is 2. The van der Waals surface area contributed by atoms with Crippen molar-refractivity contribution in [1.82, 2.24) is 0 Å². The van der Waals surface area contributed by atoms with Gasteiger partial charge in [0.15, 0.2) is 0 Å².